The van der Waals surface area contributed by atoms with Gasteiger partial charge in [0.15, 0.2) is 0 Å². The Hall–Kier alpha value is -3.65. The van der Waals surface area contributed by atoms with Crippen LogP contribution >= 0.6 is 0 Å². The fourth-order valence-corrected chi connectivity index (χ4v) is 2.38. The van der Waals surface area contributed by atoms with Gasteiger partial charge >= 0.3 is 12.1 Å². The van der Waals surface area contributed by atoms with Gasteiger partial charge in [-0.1, -0.05) is 0 Å². The number of carbonyl (C=O) groups is 2. The van der Waals surface area contributed by atoms with Gasteiger partial charge in [-0.05, 0) is 31.2 Å². The van der Waals surface area contributed by atoms with Crippen LogP contribution in [0.3, 0.4) is 0 Å². The highest BCUT2D eigenvalue weighted by Gasteiger charge is 2.35. The number of anilines is 1. The maximum absolute atomic E-state index is 13.2. The lowest BCUT2D eigenvalue weighted by molar-refractivity contribution is -0.147. The molecule has 2 aromatic rings. The van der Waals surface area contributed by atoms with Crippen LogP contribution in [-0.2, 0) is 20.5 Å². The molecule has 1 atom stereocenters. The second-order valence-corrected chi connectivity index (χ2v) is 6.44. The Kier molecular flexibility index (Phi) is 6.63. The molecular weight excluding hydrogens is 405 g/mol. The first-order valence-corrected chi connectivity index (χ1v) is 8.38. The first-order chi connectivity index (χ1) is 14.0. The number of benzene rings is 1. The summed E-state index contributed by atoms with van der Waals surface area (Å²) in [6.45, 7) is 1.34. The first kappa shape index (κ1) is 22.6. The molecule has 0 saturated carbocycles. The molecule has 0 unspecified atom stereocenters. The summed E-state index contributed by atoms with van der Waals surface area (Å²) in [7, 11) is 1.14. The van der Waals surface area contributed by atoms with Crippen molar-refractivity contribution < 1.29 is 32.2 Å². The summed E-state index contributed by atoms with van der Waals surface area (Å²) in [5.41, 5.74) is 3.12. The minimum atomic E-state index is -4.73. The van der Waals surface area contributed by atoms with E-state index in [1.165, 1.54) is 25.1 Å². The molecule has 0 saturated heterocycles. The topological polar surface area (TPSA) is 127 Å². The standard InChI is InChI=1S/C19H17F3N4O4/c1-18(24,17(28)29-2)8-15(27)26-12-4-6-16(25-10-12)30-14-5-3-11(9-23)7-13(14)19(20,21)22/h3-7,10H,8,24H2,1-2H3,(H,26,27)/t18-/m1/s1. The van der Waals surface area contributed by atoms with Crippen LogP contribution in [0.1, 0.15) is 24.5 Å². The molecule has 1 aromatic heterocycles. The molecule has 0 bridgehead atoms. The monoisotopic (exact) mass is 422 g/mol. The summed E-state index contributed by atoms with van der Waals surface area (Å²) in [5, 5.41) is 11.2. The zero-order chi connectivity index (χ0) is 22.5. The number of esters is 1. The number of nitrogens with two attached hydrogens (primary N) is 1. The fourth-order valence-electron chi connectivity index (χ4n) is 2.38. The molecule has 0 radical (unpaired) electrons. The number of nitriles is 1. The molecule has 8 nitrogen and oxygen atoms in total. The number of halogens is 3. The molecule has 0 aliphatic rings. The zero-order valence-corrected chi connectivity index (χ0v) is 15.9. The number of ether oxygens (including phenoxy) is 2. The third-order valence-electron chi connectivity index (χ3n) is 3.83. The molecule has 0 spiro atoms. The average Bonchev–Trinajstić information content (AvgIpc) is 2.67. The van der Waals surface area contributed by atoms with Crippen molar-refractivity contribution in [3.05, 3.63) is 47.7 Å². The highest BCUT2D eigenvalue weighted by atomic mass is 19.4. The molecule has 1 heterocycles. The molecule has 0 aliphatic carbocycles. The quantitative estimate of drug-likeness (QED) is 0.685. The van der Waals surface area contributed by atoms with E-state index in [4.69, 9.17) is 15.7 Å². The average molecular weight is 422 g/mol. The largest absolute Gasteiger partial charge is 0.468 e. The number of aromatic nitrogens is 1. The van der Waals surface area contributed by atoms with E-state index in [9.17, 15) is 22.8 Å². The van der Waals surface area contributed by atoms with Gasteiger partial charge in [-0.2, -0.15) is 18.4 Å². The minimum absolute atomic E-state index is 0.165. The van der Waals surface area contributed by atoms with Gasteiger partial charge in [0.25, 0.3) is 0 Å². The van der Waals surface area contributed by atoms with Crippen molar-refractivity contribution in [2.45, 2.75) is 25.1 Å². The van der Waals surface area contributed by atoms with Crippen LogP contribution in [0, 0.1) is 11.3 Å². The maximum atomic E-state index is 13.2. The summed E-state index contributed by atoms with van der Waals surface area (Å²) >= 11 is 0. The van der Waals surface area contributed by atoms with E-state index < -0.39 is 34.9 Å². The Bertz CT molecular complexity index is 983. The molecule has 30 heavy (non-hydrogen) atoms. The number of nitrogens with zero attached hydrogens (tertiary/aromatic N) is 2. The molecule has 1 aromatic carbocycles. The predicted molar refractivity (Wildman–Crippen MR) is 98.3 cm³/mol. The number of methoxy groups -OCH3 is 1. The van der Waals surface area contributed by atoms with Crippen molar-refractivity contribution in [3.8, 4) is 17.7 Å². The Labute approximate surface area is 169 Å². The number of nitrogens with one attached hydrogen (secondary N) is 1. The van der Waals surface area contributed by atoms with Gasteiger partial charge in [-0.15, -0.1) is 0 Å². The summed E-state index contributed by atoms with van der Waals surface area (Å²) in [6, 6.07) is 7.11. The lowest BCUT2D eigenvalue weighted by atomic mass is 9.99. The van der Waals surface area contributed by atoms with Gasteiger partial charge in [-0.3, -0.25) is 9.59 Å². The molecule has 0 fully saturated rings. The van der Waals surface area contributed by atoms with Crippen LogP contribution in [0.4, 0.5) is 18.9 Å². The number of carbonyl (C=O) groups excluding carboxylic acids is 2. The Morgan fingerprint density at radius 3 is 2.50 bits per heavy atom. The van der Waals surface area contributed by atoms with Crippen molar-refractivity contribution in [2.24, 2.45) is 5.73 Å². The van der Waals surface area contributed by atoms with Crippen molar-refractivity contribution in [1.29, 1.82) is 5.26 Å². The fraction of sp³-hybridized carbons (Fsp3) is 0.263. The van der Waals surface area contributed by atoms with E-state index in [0.29, 0.717) is 6.07 Å². The van der Waals surface area contributed by atoms with Gasteiger partial charge < -0.3 is 20.5 Å². The second kappa shape index (κ2) is 8.79. The molecule has 0 aliphatic heterocycles. The molecule has 2 rings (SSSR count). The Morgan fingerprint density at radius 2 is 1.97 bits per heavy atom. The van der Waals surface area contributed by atoms with Crippen molar-refractivity contribution in [2.75, 3.05) is 12.4 Å². The summed E-state index contributed by atoms with van der Waals surface area (Å²) < 4.78 is 49.3. The predicted octanol–water partition coefficient (Wildman–Crippen LogP) is 2.98. The van der Waals surface area contributed by atoms with Crippen molar-refractivity contribution in [1.82, 2.24) is 4.98 Å². The summed E-state index contributed by atoms with van der Waals surface area (Å²) in [4.78, 5) is 27.4. The van der Waals surface area contributed by atoms with Gasteiger partial charge in [0.1, 0.15) is 11.3 Å². The number of alkyl halides is 3. The summed E-state index contributed by atoms with van der Waals surface area (Å²) in [5.74, 6) is -2.04. The van der Waals surface area contributed by atoms with Crippen molar-refractivity contribution in [3.63, 3.8) is 0 Å². The van der Waals surface area contributed by atoms with E-state index in [1.807, 2.05) is 0 Å². The number of amides is 1. The first-order valence-electron chi connectivity index (χ1n) is 8.38. The van der Waals surface area contributed by atoms with Crippen molar-refractivity contribution >= 4 is 17.6 Å². The number of rotatable bonds is 6. The Morgan fingerprint density at radius 1 is 1.27 bits per heavy atom. The SMILES string of the molecule is COC(=O)[C@](C)(N)CC(=O)Nc1ccc(Oc2ccc(C#N)cc2C(F)(F)F)nc1. The number of hydrogen-bond donors (Lipinski definition) is 2. The van der Waals surface area contributed by atoms with E-state index >= 15 is 0 Å². The molecule has 158 valence electrons. The van der Waals surface area contributed by atoms with Crippen LogP contribution in [-0.4, -0.2) is 29.5 Å². The van der Waals surface area contributed by atoms with Gasteiger partial charge in [0.2, 0.25) is 11.8 Å². The summed E-state index contributed by atoms with van der Waals surface area (Å²) in [6.07, 6.45) is -3.93. The maximum Gasteiger partial charge on any atom is 0.420 e. The Balaban J connectivity index is 2.11. The van der Waals surface area contributed by atoms with Crippen LogP contribution in [0.15, 0.2) is 36.5 Å². The van der Waals surface area contributed by atoms with E-state index in [0.717, 1.165) is 19.4 Å². The van der Waals surface area contributed by atoms with Crippen LogP contribution in [0.2, 0.25) is 0 Å². The van der Waals surface area contributed by atoms with E-state index in [-0.39, 0.29) is 23.6 Å². The zero-order valence-electron chi connectivity index (χ0n) is 15.9. The smallest absolute Gasteiger partial charge is 0.420 e. The highest BCUT2D eigenvalue weighted by Crippen LogP contribution is 2.38. The second-order valence-electron chi connectivity index (χ2n) is 6.44. The van der Waals surface area contributed by atoms with E-state index in [2.05, 4.69) is 15.0 Å². The third-order valence-corrected chi connectivity index (χ3v) is 3.83. The van der Waals surface area contributed by atoms with Crippen LogP contribution in [0.5, 0.6) is 11.6 Å². The van der Waals surface area contributed by atoms with Crippen LogP contribution < -0.4 is 15.8 Å². The molecular formula is C19H17F3N4O4. The van der Waals surface area contributed by atoms with Gasteiger partial charge in [-0.25, -0.2) is 4.98 Å². The highest BCUT2D eigenvalue weighted by molar-refractivity contribution is 5.95. The normalized spacial score (nSPS) is 13.0. The van der Waals surface area contributed by atoms with E-state index in [1.54, 1.807) is 6.07 Å². The molecule has 3 N–H and O–H groups in total. The van der Waals surface area contributed by atoms with Crippen LogP contribution in [0.25, 0.3) is 0 Å². The lowest BCUT2D eigenvalue weighted by Crippen LogP contribution is -2.48. The number of pyridine rings is 1. The number of hydrogen-bond acceptors (Lipinski definition) is 7. The lowest BCUT2D eigenvalue weighted by Gasteiger charge is -2.20. The molecule has 11 heteroatoms. The third kappa shape index (κ3) is 5.68. The van der Waals surface area contributed by atoms with Gasteiger partial charge in [0.05, 0.1) is 42.6 Å². The minimum Gasteiger partial charge on any atom is -0.468 e. The molecule has 1 amide bonds. The van der Waals surface area contributed by atoms with Gasteiger partial charge in [0, 0.05) is 6.07 Å².